The molecule has 0 bridgehead atoms. The van der Waals surface area contributed by atoms with E-state index < -0.39 is 0 Å². The van der Waals surface area contributed by atoms with E-state index >= 15 is 0 Å². The molecule has 1 saturated heterocycles. The number of hydrogen-bond donors (Lipinski definition) is 0. The lowest BCUT2D eigenvalue weighted by Crippen LogP contribution is -2.33. The van der Waals surface area contributed by atoms with Crippen molar-refractivity contribution in [2.24, 2.45) is 5.92 Å². The van der Waals surface area contributed by atoms with Gasteiger partial charge in [0.25, 0.3) is 5.91 Å². The Balaban J connectivity index is 1.76. The predicted octanol–water partition coefficient (Wildman–Crippen LogP) is 7.67. The number of thiocarbonyl (C=S) groups is 1. The van der Waals surface area contributed by atoms with Crippen molar-refractivity contribution in [2.75, 3.05) is 6.54 Å². The third kappa shape index (κ3) is 5.26. The van der Waals surface area contributed by atoms with Crippen LogP contribution in [0.3, 0.4) is 0 Å². The summed E-state index contributed by atoms with van der Waals surface area (Å²) >= 11 is 19.2. The van der Waals surface area contributed by atoms with Crippen LogP contribution in [-0.2, 0) is 4.79 Å². The van der Waals surface area contributed by atoms with Gasteiger partial charge in [0, 0.05) is 18.2 Å². The Kier molecular flexibility index (Phi) is 7.85. The fourth-order valence-electron chi connectivity index (χ4n) is 3.23. The maximum absolute atomic E-state index is 12.9. The molecule has 1 amide bonds. The Labute approximate surface area is 191 Å². The van der Waals surface area contributed by atoms with Gasteiger partial charge in [-0.2, -0.15) is 0 Å². The SMILES string of the molecule is CCCCC(CC)CN1C(=O)C(=Cc2ccc(-c3cccc(Cl)c3Cl)o2)SC1=S. The van der Waals surface area contributed by atoms with E-state index in [1.54, 1.807) is 17.0 Å². The van der Waals surface area contributed by atoms with Crippen LogP contribution in [0.15, 0.2) is 39.7 Å². The van der Waals surface area contributed by atoms with Crippen LogP contribution in [0.5, 0.6) is 0 Å². The van der Waals surface area contributed by atoms with Crippen molar-refractivity contribution < 1.29 is 9.21 Å². The zero-order chi connectivity index (χ0) is 21.0. The summed E-state index contributed by atoms with van der Waals surface area (Å²) in [4.78, 5) is 15.2. The van der Waals surface area contributed by atoms with Crippen molar-refractivity contribution >= 4 is 63.5 Å². The second-order valence-electron chi connectivity index (χ2n) is 7.01. The van der Waals surface area contributed by atoms with Gasteiger partial charge in [0.2, 0.25) is 0 Å². The van der Waals surface area contributed by atoms with Crippen molar-refractivity contribution in [1.29, 1.82) is 0 Å². The molecule has 0 N–H and O–H groups in total. The zero-order valence-corrected chi connectivity index (χ0v) is 19.6. The van der Waals surface area contributed by atoms with Crippen LogP contribution in [0.4, 0.5) is 0 Å². The molecular formula is C22H23Cl2NO2S2. The fraction of sp³-hybridized carbons (Fsp3) is 0.364. The number of amides is 1. The minimum Gasteiger partial charge on any atom is -0.457 e. The van der Waals surface area contributed by atoms with Crippen LogP contribution in [0.1, 0.15) is 45.3 Å². The molecule has 1 atom stereocenters. The molecule has 1 aliphatic heterocycles. The zero-order valence-electron chi connectivity index (χ0n) is 16.4. The van der Waals surface area contributed by atoms with Gasteiger partial charge < -0.3 is 4.42 Å². The molecule has 1 aromatic carbocycles. The van der Waals surface area contributed by atoms with Gasteiger partial charge in [-0.05, 0) is 36.6 Å². The summed E-state index contributed by atoms with van der Waals surface area (Å²) in [6.07, 6.45) is 6.23. The van der Waals surface area contributed by atoms with Gasteiger partial charge in [-0.15, -0.1) is 0 Å². The highest BCUT2D eigenvalue weighted by molar-refractivity contribution is 8.26. The molecule has 0 spiro atoms. The molecule has 0 aliphatic carbocycles. The summed E-state index contributed by atoms with van der Waals surface area (Å²) in [7, 11) is 0. The quantitative estimate of drug-likeness (QED) is 0.294. The number of hydrogen-bond acceptors (Lipinski definition) is 4. The highest BCUT2D eigenvalue weighted by Gasteiger charge is 2.33. The number of nitrogens with zero attached hydrogens (tertiary/aromatic N) is 1. The average Bonchev–Trinajstić information content (AvgIpc) is 3.27. The second kappa shape index (κ2) is 10.2. The first-order valence-corrected chi connectivity index (χ1v) is 11.7. The Morgan fingerprint density at radius 3 is 2.76 bits per heavy atom. The number of rotatable bonds is 8. The molecule has 0 radical (unpaired) electrons. The Morgan fingerprint density at radius 2 is 2.03 bits per heavy atom. The minimum absolute atomic E-state index is 0.0475. The number of furan rings is 1. The molecule has 2 aromatic rings. The van der Waals surface area contributed by atoms with Crippen molar-refractivity contribution in [1.82, 2.24) is 4.90 Å². The van der Waals surface area contributed by atoms with Crippen LogP contribution in [-0.4, -0.2) is 21.7 Å². The highest BCUT2D eigenvalue weighted by Crippen LogP contribution is 2.37. The Bertz CT molecular complexity index is 939. The Hall–Kier alpha value is -1.27. The van der Waals surface area contributed by atoms with Crippen LogP contribution in [0.25, 0.3) is 17.4 Å². The molecule has 1 fully saturated rings. The van der Waals surface area contributed by atoms with Gasteiger partial charge in [0.05, 0.1) is 15.0 Å². The topological polar surface area (TPSA) is 33.5 Å². The van der Waals surface area contributed by atoms with E-state index in [9.17, 15) is 4.79 Å². The van der Waals surface area contributed by atoms with Gasteiger partial charge in [0.15, 0.2) is 0 Å². The molecule has 1 aliphatic rings. The fourth-order valence-corrected chi connectivity index (χ4v) is 4.88. The average molecular weight is 468 g/mol. The third-order valence-corrected chi connectivity index (χ3v) is 7.17. The van der Waals surface area contributed by atoms with E-state index in [0.29, 0.717) is 48.8 Å². The second-order valence-corrected chi connectivity index (χ2v) is 9.47. The number of thioether (sulfide) groups is 1. The van der Waals surface area contributed by atoms with Gasteiger partial charge >= 0.3 is 0 Å². The van der Waals surface area contributed by atoms with Crippen LogP contribution < -0.4 is 0 Å². The first-order chi connectivity index (χ1) is 13.9. The van der Waals surface area contributed by atoms with Crippen LogP contribution >= 0.6 is 47.2 Å². The van der Waals surface area contributed by atoms with E-state index in [2.05, 4.69) is 13.8 Å². The molecule has 1 aromatic heterocycles. The molecule has 154 valence electrons. The smallest absolute Gasteiger partial charge is 0.266 e. The first-order valence-electron chi connectivity index (χ1n) is 9.74. The molecule has 7 heteroatoms. The van der Waals surface area contributed by atoms with E-state index in [0.717, 1.165) is 19.3 Å². The monoisotopic (exact) mass is 467 g/mol. The Morgan fingerprint density at radius 1 is 1.24 bits per heavy atom. The molecule has 29 heavy (non-hydrogen) atoms. The van der Waals surface area contributed by atoms with Crippen molar-refractivity contribution in [3.05, 3.63) is 51.0 Å². The maximum atomic E-state index is 12.9. The normalized spacial score (nSPS) is 16.8. The minimum atomic E-state index is -0.0475. The van der Waals surface area contributed by atoms with Crippen molar-refractivity contribution in [2.45, 2.75) is 39.5 Å². The van der Waals surface area contributed by atoms with Crippen LogP contribution in [0.2, 0.25) is 10.0 Å². The molecule has 3 rings (SSSR count). The summed E-state index contributed by atoms with van der Waals surface area (Å²) in [5.74, 6) is 1.60. The van der Waals surface area contributed by atoms with E-state index in [1.165, 1.54) is 18.2 Å². The summed E-state index contributed by atoms with van der Waals surface area (Å²) in [5.41, 5.74) is 0.716. The summed E-state index contributed by atoms with van der Waals surface area (Å²) in [6, 6.07) is 9.03. The van der Waals surface area contributed by atoms with Gasteiger partial charge in [0.1, 0.15) is 15.8 Å². The number of halogens is 2. The van der Waals surface area contributed by atoms with E-state index in [4.69, 9.17) is 39.8 Å². The summed E-state index contributed by atoms with van der Waals surface area (Å²) in [6.45, 7) is 5.03. The molecule has 2 heterocycles. The first kappa shape index (κ1) is 22.4. The predicted molar refractivity (Wildman–Crippen MR) is 127 cm³/mol. The number of carbonyl (C=O) groups excluding carboxylic acids is 1. The molecule has 0 saturated carbocycles. The highest BCUT2D eigenvalue weighted by atomic mass is 35.5. The largest absolute Gasteiger partial charge is 0.457 e. The molecule has 1 unspecified atom stereocenters. The number of carbonyl (C=O) groups is 1. The van der Waals surface area contributed by atoms with E-state index in [1.807, 2.05) is 24.3 Å². The summed E-state index contributed by atoms with van der Waals surface area (Å²) < 4.78 is 6.51. The van der Waals surface area contributed by atoms with Crippen molar-refractivity contribution in [3.8, 4) is 11.3 Å². The van der Waals surface area contributed by atoms with Crippen molar-refractivity contribution in [3.63, 3.8) is 0 Å². The molecular weight excluding hydrogens is 445 g/mol. The summed E-state index contributed by atoms with van der Waals surface area (Å²) in [5, 5.41) is 0.913. The van der Waals surface area contributed by atoms with Gasteiger partial charge in [-0.3, -0.25) is 9.69 Å². The van der Waals surface area contributed by atoms with Gasteiger partial charge in [-0.25, -0.2) is 0 Å². The van der Waals surface area contributed by atoms with Crippen LogP contribution in [0, 0.1) is 5.92 Å². The lowest BCUT2D eigenvalue weighted by molar-refractivity contribution is -0.122. The van der Waals surface area contributed by atoms with E-state index in [-0.39, 0.29) is 5.91 Å². The standard InChI is InChI=1S/C22H23Cl2NO2S2/c1-3-5-7-14(4-2)13-25-21(26)19(29-22(25)28)12-15-10-11-18(27-15)16-8-6-9-17(23)20(16)24/h6,8-12,14H,3-5,7,13H2,1-2H3. The maximum Gasteiger partial charge on any atom is 0.266 e. The number of benzene rings is 1. The lowest BCUT2D eigenvalue weighted by atomic mass is 9.99. The number of unbranched alkanes of at least 4 members (excludes halogenated alkanes) is 1. The molecule has 3 nitrogen and oxygen atoms in total. The lowest BCUT2D eigenvalue weighted by Gasteiger charge is -2.21. The third-order valence-electron chi connectivity index (χ3n) is 4.97. The van der Waals surface area contributed by atoms with Gasteiger partial charge in [-0.1, -0.05) is 86.4 Å².